The largest absolute Gasteiger partial charge is 0.344 e. The summed E-state index contributed by atoms with van der Waals surface area (Å²) in [6, 6.07) is 24.0. The summed E-state index contributed by atoms with van der Waals surface area (Å²) in [6.07, 6.45) is 6.03. The van der Waals surface area contributed by atoms with Crippen LogP contribution in [0.1, 0.15) is 18.9 Å². The molecular formula is C29H26ClN5O. The van der Waals surface area contributed by atoms with Gasteiger partial charge in [-0.3, -0.25) is 4.79 Å². The third-order valence-electron chi connectivity index (χ3n) is 7.02. The quantitative estimate of drug-likeness (QED) is 0.314. The Morgan fingerprint density at radius 3 is 2.39 bits per heavy atom. The number of hydrogen-bond acceptors (Lipinski definition) is 4. The van der Waals surface area contributed by atoms with Gasteiger partial charge in [-0.2, -0.15) is 0 Å². The molecule has 0 N–H and O–H groups in total. The lowest BCUT2D eigenvalue weighted by Crippen LogP contribution is -2.31. The van der Waals surface area contributed by atoms with Gasteiger partial charge in [0, 0.05) is 29.7 Å². The minimum absolute atomic E-state index is 0.161. The van der Waals surface area contributed by atoms with Crippen molar-refractivity contribution in [3.8, 4) is 28.5 Å². The van der Waals surface area contributed by atoms with Crippen molar-refractivity contribution in [2.24, 2.45) is 0 Å². The molecule has 0 amide bonds. The van der Waals surface area contributed by atoms with Crippen LogP contribution in [0.3, 0.4) is 0 Å². The maximum absolute atomic E-state index is 13.5. The second-order valence-corrected chi connectivity index (χ2v) is 9.78. The summed E-state index contributed by atoms with van der Waals surface area (Å²) in [6.45, 7) is 2.23. The molecule has 0 bridgehead atoms. The monoisotopic (exact) mass is 495 g/mol. The normalized spacial score (nSPS) is 14.9. The molecule has 1 aliphatic heterocycles. The number of piperidine rings is 1. The summed E-state index contributed by atoms with van der Waals surface area (Å²) in [5.41, 5.74) is 3.69. The number of hydrogen-bond donors (Lipinski definition) is 0. The highest BCUT2D eigenvalue weighted by atomic mass is 35.5. The van der Waals surface area contributed by atoms with Crippen molar-refractivity contribution in [2.75, 3.05) is 20.1 Å². The maximum atomic E-state index is 13.5. The lowest BCUT2D eigenvalue weighted by atomic mass is 10.0. The summed E-state index contributed by atoms with van der Waals surface area (Å²) >= 11 is 6.06. The second-order valence-electron chi connectivity index (χ2n) is 9.34. The first-order valence-corrected chi connectivity index (χ1v) is 12.6. The number of halogens is 1. The van der Waals surface area contributed by atoms with Crippen LogP contribution in [0, 0.1) is 0 Å². The molecule has 7 heteroatoms. The van der Waals surface area contributed by atoms with E-state index in [0.29, 0.717) is 33.6 Å². The van der Waals surface area contributed by atoms with E-state index in [-0.39, 0.29) is 5.56 Å². The van der Waals surface area contributed by atoms with E-state index in [4.69, 9.17) is 16.6 Å². The van der Waals surface area contributed by atoms with E-state index in [2.05, 4.69) is 52.0 Å². The molecule has 6 nitrogen and oxygen atoms in total. The first-order valence-electron chi connectivity index (χ1n) is 12.2. The third-order valence-corrected chi connectivity index (χ3v) is 7.24. The zero-order valence-corrected chi connectivity index (χ0v) is 20.8. The van der Waals surface area contributed by atoms with Gasteiger partial charge >= 0.3 is 0 Å². The predicted molar refractivity (Wildman–Crippen MR) is 145 cm³/mol. The highest BCUT2D eigenvalue weighted by Gasteiger charge is 2.20. The molecule has 0 radical (unpaired) electrons. The van der Waals surface area contributed by atoms with E-state index in [1.165, 1.54) is 5.69 Å². The molecule has 4 heterocycles. The van der Waals surface area contributed by atoms with Crippen LogP contribution in [0.2, 0.25) is 5.02 Å². The van der Waals surface area contributed by atoms with Crippen LogP contribution in [0.15, 0.2) is 90.0 Å². The molecule has 0 saturated carbocycles. The molecule has 3 aromatic heterocycles. The van der Waals surface area contributed by atoms with Gasteiger partial charge < -0.3 is 9.47 Å². The van der Waals surface area contributed by atoms with Crippen molar-refractivity contribution in [1.82, 2.24) is 24.0 Å². The Morgan fingerprint density at radius 1 is 0.889 bits per heavy atom. The molecule has 0 spiro atoms. The van der Waals surface area contributed by atoms with Crippen LogP contribution in [-0.2, 0) is 0 Å². The molecule has 0 aliphatic carbocycles. The molecule has 6 rings (SSSR count). The predicted octanol–water partition coefficient (Wildman–Crippen LogP) is 5.84. The van der Waals surface area contributed by atoms with Gasteiger partial charge in [-0.15, -0.1) is 0 Å². The molecule has 0 unspecified atom stereocenters. The van der Waals surface area contributed by atoms with E-state index < -0.39 is 0 Å². The number of pyridine rings is 1. The van der Waals surface area contributed by atoms with Crippen LogP contribution in [0.25, 0.3) is 39.4 Å². The van der Waals surface area contributed by atoms with Gasteiger partial charge in [-0.1, -0.05) is 48.0 Å². The fraction of sp³-hybridized carbons (Fsp3) is 0.207. The number of likely N-dealkylation sites (tertiary alicyclic amines) is 1. The number of benzene rings is 2. The molecule has 1 fully saturated rings. The van der Waals surface area contributed by atoms with E-state index >= 15 is 0 Å². The molecule has 36 heavy (non-hydrogen) atoms. The van der Waals surface area contributed by atoms with Gasteiger partial charge in [0.2, 0.25) is 0 Å². The van der Waals surface area contributed by atoms with Crippen LogP contribution >= 0.6 is 11.6 Å². The first kappa shape index (κ1) is 22.7. The number of fused-ring (bicyclic) bond motifs is 1. The Labute approximate surface area is 214 Å². The fourth-order valence-electron chi connectivity index (χ4n) is 5.06. The standard InChI is InChI=1S/C29H26ClN5O/c1-33-17-14-23(15-18-33)34-16-4-7-26(34)20-8-10-21(11-9-20)28-32-25-6-3-2-5-24(25)29(36)35(28)27-13-12-22(30)19-31-27/h2-13,16,19,23H,14-15,17-18H2,1H3. The summed E-state index contributed by atoms with van der Waals surface area (Å²) < 4.78 is 3.97. The number of nitrogens with zero attached hydrogens (tertiary/aromatic N) is 5. The van der Waals surface area contributed by atoms with Crippen LogP contribution < -0.4 is 5.56 Å². The van der Waals surface area contributed by atoms with Crippen molar-refractivity contribution in [2.45, 2.75) is 18.9 Å². The summed E-state index contributed by atoms with van der Waals surface area (Å²) in [5, 5.41) is 1.06. The Morgan fingerprint density at radius 2 is 1.64 bits per heavy atom. The van der Waals surface area contributed by atoms with Gasteiger partial charge in [0.15, 0.2) is 0 Å². The zero-order valence-electron chi connectivity index (χ0n) is 20.0. The Hall–Kier alpha value is -3.74. The molecular weight excluding hydrogens is 470 g/mol. The van der Waals surface area contributed by atoms with Gasteiger partial charge in [0.05, 0.1) is 15.9 Å². The van der Waals surface area contributed by atoms with Gasteiger partial charge in [0.25, 0.3) is 5.56 Å². The van der Waals surface area contributed by atoms with E-state index in [9.17, 15) is 4.79 Å². The van der Waals surface area contributed by atoms with Gasteiger partial charge in [0.1, 0.15) is 11.6 Å². The maximum Gasteiger partial charge on any atom is 0.267 e. The Balaban J connectivity index is 1.43. The summed E-state index contributed by atoms with van der Waals surface area (Å²) in [5.74, 6) is 1.03. The lowest BCUT2D eigenvalue weighted by Gasteiger charge is -2.31. The first-order chi connectivity index (χ1) is 17.6. The van der Waals surface area contributed by atoms with E-state index in [1.807, 2.05) is 30.3 Å². The number of aromatic nitrogens is 4. The highest BCUT2D eigenvalue weighted by Crippen LogP contribution is 2.31. The summed E-state index contributed by atoms with van der Waals surface area (Å²) in [7, 11) is 2.19. The van der Waals surface area contributed by atoms with Crippen LogP contribution in [0.4, 0.5) is 0 Å². The summed E-state index contributed by atoms with van der Waals surface area (Å²) in [4.78, 5) is 25.2. The minimum atomic E-state index is -0.161. The SMILES string of the molecule is CN1CCC(n2cccc2-c2ccc(-c3nc4ccccc4c(=O)n3-c3ccc(Cl)cn3)cc2)CC1. The van der Waals surface area contributed by atoms with Crippen molar-refractivity contribution in [3.63, 3.8) is 0 Å². The van der Waals surface area contributed by atoms with Crippen molar-refractivity contribution < 1.29 is 0 Å². The second kappa shape index (κ2) is 9.37. The fourth-order valence-corrected chi connectivity index (χ4v) is 5.17. The molecule has 1 aliphatic rings. The Bertz CT molecular complexity index is 1580. The molecule has 5 aromatic rings. The molecule has 180 valence electrons. The van der Waals surface area contributed by atoms with Gasteiger partial charge in [-0.25, -0.2) is 14.5 Å². The molecule has 1 saturated heterocycles. The third kappa shape index (κ3) is 4.12. The molecule has 2 aromatic carbocycles. The average Bonchev–Trinajstić information content (AvgIpc) is 3.40. The minimum Gasteiger partial charge on any atom is -0.344 e. The van der Waals surface area contributed by atoms with E-state index in [0.717, 1.165) is 37.1 Å². The molecule has 0 atom stereocenters. The number of para-hydroxylation sites is 1. The zero-order chi connectivity index (χ0) is 24.6. The van der Waals surface area contributed by atoms with Crippen molar-refractivity contribution in [1.29, 1.82) is 0 Å². The Kier molecular flexibility index (Phi) is 5.91. The number of rotatable bonds is 4. The van der Waals surface area contributed by atoms with Crippen molar-refractivity contribution >= 4 is 22.5 Å². The van der Waals surface area contributed by atoms with Crippen molar-refractivity contribution in [3.05, 3.63) is 101 Å². The van der Waals surface area contributed by atoms with Crippen LogP contribution in [-0.4, -0.2) is 44.1 Å². The topological polar surface area (TPSA) is 56.0 Å². The van der Waals surface area contributed by atoms with Gasteiger partial charge in [-0.05, 0) is 74.9 Å². The van der Waals surface area contributed by atoms with Crippen LogP contribution in [0.5, 0.6) is 0 Å². The lowest BCUT2D eigenvalue weighted by molar-refractivity contribution is 0.222. The smallest absolute Gasteiger partial charge is 0.267 e. The highest BCUT2D eigenvalue weighted by molar-refractivity contribution is 6.30. The average molecular weight is 496 g/mol. The van der Waals surface area contributed by atoms with E-state index in [1.54, 1.807) is 29.0 Å².